The van der Waals surface area contributed by atoms with Crippen molar-refractivity contribution in [3.63, 3.8) is 0 Å². The summed E-state index contributed by atoms with van der Waals surface area (Å²) in [4.78, 5) is 9.72. The van der Waals surface area contributed by atoms with Crippen molar-refractivity contribution >= 4 is 28.9 Å². The monoisotopic (exact) mass is 261 g/mol. The van der Waals surface area contributed by atoms with Gasteiger partial charge in [0.2, 0.25) is 0 Å². The van der Waals surface area contributed by atoms with Crippen molar-refractivity contribution in [3.05, 3.63) is 34.2 Å². The number of thioether (sulfide) groups is 1. The van der Waals surface area contributed by atoms with Crippen molar-refractivity contribution in [1.82, 2.24) is 9.97 Å². The number of aromatic nitrogens is 2. The quantitative estimate of drug-likeness (QED) is 0.522. The lowest BCUT2D eigenvalue weighted by Gasteiger charge is -2.04. The van der Waals surface area contributed by atoms with E-state index in [9.17, 15) is 0 Å². The van der Waals surface area contributed by atoms with Gasteiger partial charge in [-0.1, -0.05) is 23.7 Å². The highest BCUT2D eigenvalue weighted by Crippen LogP contribution is 2.20. The standard InChI is InChI=1S/C12H11N3S2/c1-2-5-17-12-14-8-9(11(13)15-12)7-10-4-3-6-16-10/h1,3-4,6,8H,5,7H2,(H2,13,14,15). The second kappa shape index (κ2) is 5.71. The average Bonchev–Trinajstić information content (AvgIpc) is 2.82. The molecule has 2 aromatic rings. The highest BCUT2D eigenvalue weighted by Gasteiger charge is 2.06. The van der Waals surface area contributed by atoms with Gasteiger partial charge in [0.1, 0.15) is 5.82 Å². The largest absolute Gasteiger partial charge is 0.383 e. The average molecular weight is 261 g/mol. The lowest BCUT2D eigenvalue weighted by molar-refractivity contribution is 0.948. The number of rotatable bonds is 4. The van der Waals surface area contributed by atoms with E-state index in [-0.39, 0.29) is 0 Å². The van der Waals surface area contributed by atoms with Gasteiger partial charge in [-0.25, -0.2) is 9.97 Å². The summed E-state index contributed by atoms with van der Waals surface area (Å²) in [5.74, 6) is 3.62. The number of hydrogen-bond donors (Lipinski definition) is 1. The Hall–Kier alpha value is -1.51. The zero-order chi connectivity index (χ0) is 12.1. The fourth-order valence-corrected chi connectivity index (χ4v) is 2.55. The van der Waals surface area contributed by atoms with Crippen LogP contribution in [0.1, 0.15) is 10.4 Å². The van der Waals surface area contributed by atoms with E-state index in [4.69, 9.17) is 12.2 Å². The molecule has 0 fully saturated rings. The van der Waals surface area contributed by atoms with E-state index < -0.39 is 0 Å². The molecule has 0 amide bonds. The molecular weight excluding hydrogens is 250 g/mol. The highest BCUT2D eigenvalue weighted by atomic mass is 32.2. The SMILES string of the molecule is C#CCSc1ncc(Cc2cccs2)c(N)n1. The summed E-state index contributed by atoms with van der Waals surface area (Å²) in [6.45, 7) is 0. The third-order valence-corrected chi connectivity index (χ3v) is 3.75. The zero-order valence-electron chi connectivity index (χ0n) is 9.09. The minimum atomic E-state index is 0.535. The molecule has 0 bridgehead atoms. The number of thiophene rings is 1. The van der Waals surface area contributed by atoms with Gasteiger partial charge < -0.3 is 5.73 Å². The van der Waals surface area contributed by atoms with Crippen molar-refractivity contribution in [3.8, 4) is 12.3 Å². The van der Waals surface area contributed by atoms with E-state index in [1.165, 1.54) is 16.6 Å². The van der Waals surface area contributed by atoms with Crippen LogP contribution in [-0.2, 0) is 6.42 Å². The molecule has 2 rings (SSSR count). The molecule has 0 aromatic carbocycles. The van der Waals surface area contributed by atoms with Crippen LogP contribution in [0.25, 0.3) is 0 Å². The molecule has 0 aliphatic carbocycles. The third-order valence-electron chi connectivity index (χ3n) is 2.11. The Morgan fingerprint density at radius 1 is 1.53 bits per heavy atom. The number of terminal acetylenes is 1. The van der Waals surface area contributed by atoms with E-state index in [1.54, 1.807) is 17.5 Å². The Morgan fingerprint density at radius 3 is 3.06 bits per heavy atom. The maximum Gasteiger partial charge on any atom is 0.190 e. The minimum Gasteiger partial charge on any atom is -0.383 e. The second-order valence-corrected chi connectivity index (χ2v) is 5.29. The Balaban J connectivity index is 2.12. The summed E-state index contributed by atoms with van der Waals surface area (Å²) in [5.41, 5.74) is 6.85. The minimum absolute atomic E-state index is 0.535. The number of hydrogen-bond acceptors (Lipinski definition) is 5. The van der Waals surface area contributed by atoms with Crippen molar-refractivity contribution < 1.29 is 0 Å². The lowest BCUT2D eigenvalue weighted by Crippen LogP contribution is -2.01. The Kier molecular flexibility index (Phi) is 4.02. The number of nitrogens with zero attached hydrogens (tertiary/aromatic N) is 2. The predicted molar refractivity (Wildman–Crippen MR) is 73.1 cm³/mol. The van der Waals surface area contributed by atoms with Gasteiger partial charge in [-0.15, -0.1) is 17.8 Å². The van der Waals surface area contributed by atoms with Crippen LogP contribution >= 0.6 is 23.1 Å². The van der Waals surface area contributed by atoms with Crippen molar-refractivity contribution in [2.24, 2.45) is 0 Å². The Morgan fingerprint density at radius 2 is 2.41 bits per heavy atom. The zero-order valence-corrected chi connectivity index (χ0v) is 10.7. The van der Waals surface area contributed by atoms with Gasteiger partial charge in [-0.2, -0.15) is 0 Å². The van der Waals surface area contributed by atoms with Gasteiger partial charge in [0.25, 0.3) is 0 Å². The third kappa shape index (κ3) is 3.22. The van der Waals surface area contributed by atoms with E-state index in [0.29, 0.717) is 16.7 Å². The Labute approximate surface area is 108 Å². The molecule has 17 heavy (non-hydrogen) atoms. The lowest BCUT2D eigenvalue weighted by atomic mass is 10.2. The summed E-state index contributed by atoms with van der Waals surface area (Å²) in [5, 5.41) is 2.68. The van der Waals surface area contributed by atoms with E-state index in [1.807, 2.05) is 11.4 Å². The first-order chi connectivity index (χ1) is 8.29. The highest BCUT2D eigenvalue weighted by molar-refractivity contribution is 7.99. The molecule has 5 heteroatoms. The van der Waals surface area contributed by atoms with Crippen LogP contribution in [0.4, 0.5) is 5.82 Å². The Bertz CT molecular complexity index is 529. The van der Waals surface area contributed by atoms with Crippen molar-refractivity contribution in [2.45, 2.75) is 11.6 Å². The van der Waals surface area contributed by atoms with Gasteiger partial charge in [0, 0.05) is 23.1 Å². The molecule has 0 aliphatic rings. The van der Waals surface area contributed by atoms with Crippen LogP contribution in [0.5, 0.6) is 0 Å². The van der Waals surface area contributed by atoms with Gasteiger partial charge in [-0.3, -0.25) is 0 Å². The molecule has 0 aliphatic heterocycles. The summed E-state index contributed by atoms with van der Waals surface area (Å²) in [6.07, 6.45) is 7.74. The van der Waals surface area contributed by atoms with E-state index in [2.05, 4.69) is 22.0 Å². The number of anilines is 1. The molecule has 2 heterocycles. The van der Waals surface area contributed by atoms with Crippen LogP contribution in [-0.4, -0.2) is 15.7 Å². The fourth-order valence-electron chi connectivity index (χ4n) is 1.32. The van der Waals surface area contributed by atoms with Crippen LogP contribution in [0, 0.1) is 12.3 Å². The molecule has 0 radical (unpaired) electrons. The van der Waals surface area contributed by atoms with E-state index >= 15 is 0 Å². The first-order valence-electron chi connectivity index (χ1n) is 4.99. The molecule has 0 unspecified atom stereocenters. The van der Waals surface area contributed by atoms with Crippen molar-refractivity contribution in [2.75, 3.05) is 11.5 Å². The first-order valence-corrected chi connectivity index (χ1v) is 6.86. The van der Waals surface area contributed by atoms with Gasteiger partial charge in [0.05, 0.1) is 5.75 Å². The fraction of sp³-hybridized carbons (Fsp3) is 0.167. The smallest absolute Gasteiger partial charge is 0.190 e. The number of nitrogens with two attached hydrogens (primary N) is 1. The summed E-state index contributed by atoms with van der Waals surface area (Å²) in [6, 6.07) is 4.10. The molecule has 0 saturated carbocycles. The molecule has 0 saturated heterocycles. The summed E-state index contributed by atoms with van der Waals surface area (Å²) < 4.78 is 0. The molecule has 86 valence electrons. The number of nitrogen functional groups attached to an aromatic ring is 1. The molecule has 3 nitrogen and oxygen atoms in total. The summed E-state index contributed by atoms with van der Waals surface area (Å²) in [7, 11) is 0. The van der Waals surface area contributed by atoms with Crippen LogP contribution in [0.15, 0.2) is 28.9 Å². The predicted octanol–water partition coefficient (Wildman–Crippen LogP) is 2.44. The van der Waals surface area contributed by atoms with Gasteiger partial charge in [0.15, 0.2) is 5.16 Å². The summed E-state index contributed by atoms with van der Waals surface area (Å²) >= 11 is 3.12. The van der Waals surface area contributed by atoms with E-state index in [0.717, 1.165) is 12.0 Å². The molecular formula is C12H11N3S2. The second-order valence-electron chi connectivity index (χ2n) is 3.31. The maximum absolute atomic E-state index is 5.90. The van der Waals surface area contributed by atoms with Gasteiger partial charge in [-0.05, 0) is 11.4 Å². The molecule has 0 atom stereocenters. The van der Waals surface area contributed by atoms with Crippen LogP contribution < -0.4 is 5.73 Å². The van der Waals surface area contributed by atoms with Gasteiger partial charge >= 0.3 is 0 Å². The molecule has 2 aromatic heterocycles. The first kappa shape index (κ1) is 12.0. The molecule has 2 N–H and O–H groups in total. The van der Waals surface area contributed by atoms with Crippen molar-refractivity contribution in [1.29, 1.82) is 0 Å². The molecule has 0 spiro atoms. The van der Waals surface area contributed by atoms with Crippen LogP contribution in [0.2, 0.25) is 0 Å². The maximum atomic E-state index is 5.90. The normalized spacial score (nSPS) is 10.1. The van der Waals surface area contributed by atoms with Crippen LogP contribution in [0.3, 0.4) is 0 Å². The topological polar surface area (TPSA) is 51.8 Å².